The van der Waals surface area contributed by atoms with E-state index in [9.17, 15) is 0 Å². The minimum absolute atomic E-state index is 0.232. The molecule has 1 aromatic rings. The largest absolute Gasteiger partial charge is 0.382 e. The molecule has 98 valence electrons. The van der Waals surface area contributed by atoms with Crippen LogP contribution in [0, 0.1) is 0 Å². The number of hydrogen-bond donors (Lipinski definition) is 1. The fourth-order valence-electron chi connectivity index (χ4n) is 1.71. The van der Waals surface area contributed by atoms with Crippen LogP contribution in [0.15, 0.2) is 4.60 Å². The zero-order valence-corrected chi connectivity index (χ0v) is 12.3. The predicted octanol–water partition coefficient (Wildman–Crippen LogP) is 2.04. The van der Waals surface area contributed by atoms with Crippen LogP contribution in [0.3, 0.4) is 0 Å². The number of hydrogen-bond acceptors (Lipinski definition) is 4. The molecule has 0 bridgehead atoms. The van der Waals surface area contributed by atoms with E-state index in [0.29, 0.717) is 0 Å². The van der Waals surface area contributed by atoms with Crippen LogP contribution in [-0.2, 0) is 11.8 Å². The van der Waals surface area contributed by atoms with Gasteiger partial charge in [-0.3, -0.25) is 0 Å². The summed E-state index contributed by atoms with van der Waals surface area (Å²) in [5.41, 5.74) is 1.08. The maximum Gasteiger partial charge on any atom is 0.153 e. The third-order valence-electron chi connectivity index (χ3n) is 2.55. The van der Waals surface area contributed by atoms with Crippen molar-refractivity contribution in [1.82, 2.24) is 20.3 Å². The van der Waals surface area contributed by atoms with Gasteiger partial charge >= 0.3 is 0 Å². The lowest BCUT2D eigenvalue weighted by Gasteiger charge is -2.18. The lowest BCUT2D eigenvalue weighted by atomic mass is 10.1. The third-order valence-corrected chi connectivity index (χ3v) is 3.12. The highest BCUT2D eigenvalue weighted by Crippen LogP contribution is 2.23. The topological polar surface area (TPSA) is 52.0 Å². The number of aromatic nitrogens is 3. The van der Waals surface area contributed by atoms with Gasteiger partial charge in [-0.15, -0.1) is 5.10 Å². The Morgan fingerprint density at radius 1 is 1.47 bits per heavy atom. The van der Waals surface area contributed by atoms with Gasteiger partial charge in [0.05, 0.1) is 11.7 Å². The van der Waals surface area contributed by atoms with Gasteiger partial charge in [-0.25, -0.2) is 4.68 Å². The summed E-state index contributed by atoms with van der Waals surface area (Å²) in [6, 6.07) is 0.232. The highest BCUT2D eigenvalue weighted by molar-refractivity contribution is 9.10. The maximum atomic E-state index is 5.42. The van der Waals surface area contributed by atoms with Crippen LogP contribution in [0.25, 0.3) is 0 Å². The summed E-state index contributed by atoms with van der Waals surface area (Å²) >= 11 is 3.44. The van der Waals surface area contributed by atoms with E-state index in [1.807, 2.05) is 18.7 Å². The molecule has 1 rings (SSSR count). The summed E-state index contributed by atoms with van der Waals surface area (Å²) in [5.74, 6) is 0. The minimum atomic E-state index is 0.232. The molecule has 0 aromatic carbocycles. The number of nitrogens with one attached hydrogen (secondary N) is 1. The maximum absolute atomic E-state index is 5.42. The van der Waals surface area contributed by atoms with Crippen molar-refractivity contribution < 1.29 is 4.74 Å². The van der Waals surface area contributed by atoms with Crippen molar-refractivity contribution in [3.63, 3.8) is 0 Å². The molecule has 0 spiro atoms. The van der Waals surface area contributed by atoms with Crippen LogP contribution in [0.4, 0.5) is 0 Å². The van der Waals surface area contributed by atoms with Gasteiger partial charge in [-0.2, -0.15) is 0 Å². The van der Waals surface area contributed by atoms with E-state index >= 15 is 0 Å². The van der Waals surface area contributed by atoms with Crippen molar-refractivity contribution in [2.45, 2.75) is 32.7 Å². The summed E-state index contributed by atoms with van der Waals surface area (Å²) in [6.45, 7) is 6.65. The number of ether oxygens (including phenoxy) is 1. The highest BCUT2D eigenvalue weighted by Gasteiger charge is 2.19. The van der Waals surface area contributed by atoms with Crippen molar-refractivity contribution in [3.8, 4) is 0 Å². The number of halogens is 1. The molecule has 6 heteroatoms. The molecule has 1 N–H and O–H groups in total. The molecular weight excluding hydrogens is 284 g/mol. The Morgan fingerprint density at radius 3 is 2.76 bits per heavy atom. The van der Waals surface area contributed by atoms with Gasteiger partial charge in [0.1, 0.15) is 0 Å². The van der Waals surface area contributed by atoms with Crippen molar-refractivity contribution >= 4 is 15.9 Å². The standard InChI is InChI=1S/C11H21BrN4O/c1-4-7-13-9(6-8-17-5-2)10-11(12)14-15-16(10)3/h9,13H,4-8H2,1-3H3. The first-order valence-electron chi connectivity index (χ1n) is 6.06. The van der Waals surface area contributed by atoms with E-state index in [4.69, 9.17) is 4.74 Å². The van der Waals surface area contributed by atoms with Gasteiger partial charge in [-0.05, 0) is 42.2 Å². The quantitative estimate of drug-likeness (QED) is 0.747. The Bertz CT molecular complexity index is 310. The number of rotatable bonds is 8. The lowest BCUT2D eigenvalue weighted by molar-refractivity contribution is 0.135. The summed E-state index contributed by atoms with van der Waals surface area (Å²) in [6.07, 6.45) is 2.03. The summed E-state index contributed by atoms with van der Waals surface area (Å²) < 4.78 is 8.04. The van der Waals surface area contributed by atoms with Crippen LogP contribution in [0.2, 0.25) is 0 Å². The van der Waals surface area contributed by atoms with Crippen LogP contribution in [-0.4, -0.2) is 34.8 Å². The van der Waals surface area contributed by atoms with Gasteiger partial charge < -0.3 is 10.1 Å². The summed E-state index contributed by atoms with van der Waals surface area (Å²) in [5, 5.41) is 11.5. The lowest BCUT2D eigenvalue weighted by Crippen LogP contribution is -2.26. The highest BCUT2D eigenvalue weighted by atomic mass is 79.9. The molecular formula is C11H21BrN4O. The Morgan fingerprint density at radius 2 is 2.24 bits per heavy atom. The van der Waals surface area contributed by atoms with E-state index in [-0.39, 0.29) is 6.04 Å². The Balaban J connectivity index is 2.67. The van der Waals surface area contributed by atoms with E-state index in [2.05, 4.69) is 38.5 Å². The Kier molecular flexibility index (Phi) is 6.69. The Labute approximate surface area is 111 Å². The molecule has 0 radical (unpaired) electrons. The first kappa shape index (κ1) is 14.6. The number of aryl methyl sites for hydroxylation is 1. The van der Waals surface area contributed by atoms with E-state index in [1.54, 1.807) is 0 Å². The normalized spacial score (nSPS) is 12.9. The zero-order valence-electron chi connectivity index (χ0n) is 10.7. The van der Waals surface area contributed by atoms with E-state index in [1.165, 1.54) is 0 Å². The second-order valence-corrected chi connectivity index (χ2v) is 4.63. The zero-order chi connectivity index (χ0) is 12.7. The first-order valence-corrected chi connectivity index (χ1v) is 6.86. The summed E-state index contributed by atoms with van der Waals surface area (Å²) in [4.78, 5) is 0. The Hall–Kier alpha value is -0.460. The van der Waals surface area contributed by atoms with Crippen LogP contribution < -0.4 is 5.32 Å². The van der Waals surface area contributed by atoms with Crippen molar-refractivity contribution in [3.05, 3.63) is 10.3 Å². The van der Waals surface area contributed by atoms with Crippen molar-refractivity contribution in [2.75, 3.05) is 19.8 Å². The van der Waals surface area contributed by atoms with Crippen LogP contribution in [0.5, 0.6) is 0 Å². The van der Waals surface area contributed by atoms with Crippen LogP contribution in [0.1, 0.15) is 38.4 Å². The average Bonchev–Trinajstić information content (AvgIpc) is 2.64. The molecule has 17 heavy (non-hydrogen) atoms. The average molecular weight is 305 g/mol. The molecule has 5 nitrogen and oxygen atoms in total. The second-order valence-electron chi connectivity index (χ2n) is 3.88. The van der Waals surface area contributed by atoms with Gasteiger partial charge in [-0.1, -0.05) is 12.1 Å². The van der Waals surface area contributed by atoms with Gasteiger partial charge in [0.25, 0.3) is 0 Å². The summed E-state index contributed by atoms with van der Waals surface area (Å²) in [7, 11) is 1.91. The fourth-order valence-corrected chi connectivity index (χ4v) is 2.31. The monoisotopic (exact) mass is 304 g/mol. The molecule has 1 unspecified atom stereocenters. The molecule has 1 heterocycles. The first-order chi connectivity index (χ1) is 8.20. The number of nitrogens with zero attached hydrogens (tertiary/aromatic N) is 3. The minimum Gasteiger partial charge on any atom is -0.382 e. The van der Waals surface area contributed by atoms with E-state index in [0.717, 1.165) is 42.9 Å². The molecule has 0 aliphatic carbocycles. The molecule has 0 saturated heterocycles. The van der Waals surface area contributed by atoms with Gasteiger partial charge in [0.2, 0.25) is 0 Å². The van der Waals surface area contributed by atoms with Crippen LogP contribution >= 0.6 is 15.9 Å². The molecule has 0 aliphatic heterocycles. The molecule has 1 atom stereocenters. The van der Waals surface area contributed by atoms with E-state index < -0.39 is 0 Å². The molecule has 1 aromatic heterocycles. The van der Waals surface area contributed by atoms with Crippen molar-refractivity contribution in [2.24, 2.45) is 7.05 Å². The van der Waals surface area contributed by atoms with Gasteiger partial charge in [0.15, 0.2) is 4.60 Å². The fraction of sp³-hybridized carbons (Fsp3) is 0.818. The van der Waals surface area contributed by atoms with Gasteiger partial charge in [0, 0.05) is 20.3 Å². The molecule has 0 fully saturated rings. The van der Waals surface area contributed by atoms with Crippen molar-refractivity contribution in [1.29, 1.82) is 0 Å². The molecule has 0 amide bonds. The second kappa shape index (κ2) is 7.79. The molecule has 0 aliphatic rings. The SMILES string of the molecule is CCCNC(CCOCC)c1c(Br)nnn1C. The smallest absolute Gasteiger partial charge is 0.153 e. The molecule has 0 saturated carbocycles. The predicted molar refractivity (Wildman–Crippen MR) is 70.8 cm³/mol. The third kappa shape index (κ3) is 4.37.